The lowest BCUT2D eigenvalue weighted by atomic mass is 9.96. The van der Waals surface area contributed by atoms with Gasteiger partial charge in [0.25, 0.3) is 0 Å². The maximum absolute atomic E-state index is 5.55. The molecule has 0 aromatic carbocycles. The number of nitrogens with one attached hydrogen (secondary N) is 1. The first kappa shape index (κ1) is 15.4. The van der Waals surface area contributed by atoms with Crippen LogP contribution >= 0.6 is 11.8 Å². The van der Waals surface area contributed by atoms with Gasteiger partial charge >= 0.3 is 0 Å². The van der Waals surface area contributed by atoms with Gasteiger partial charge in [-0.05, 0) is 0 Å². The molecule has 1 saturated heterocycles. The third kappa shape index (κ3) is 3.55. The van der Waals surface area contributed by atoms with Crippen LogP contribution in [0, 0.1) is 0 Å². The lowest BCUT2D eigenvalue weighted by Gasteiger charge is -2.36. The highest BCUT2D eigenvalue weighted by atomic mass is 32.2. The number of aromatic nitrogens is 2. The number of hydrogen-bond donors (Lipinski definition) is 2. The van der Waals surface area contributed by atoms with Gasteiger partial charge in [0.05, 0.1) is 0 Å². The number of hydrazine groups is 1. The van der Waals surface area contributed by atoms with Crippen molar-refractivity contribution >= 4 is 23.4 Å². The van der Waals surface area contributed by atoms with Crippen molar-refractivity contribution in [1.29, 1.82) is 0 Å². The topological polar surface area (TPSA) is 67.1 Å². The molecule has 1 aliphatic rings. The van der Waals surface area contributed by atoms with E-state index < -0.39 is 0 Å². The molecule has 0 amide bonds. The highest BCUT2D eigenvalue weighted by Crippen LogP contribution is 2.30. The Labute approximate surface area is 125 Å². The molecule has 20 heavy (non-hydrogen) atoms. The van der Waals surface area contributed by atoms with Crippen LogP contribution in [0.1, 0.15) is 40.4 Å². The molecule has 1 aromatic rings. The maximum atomic E-state index is 5.55. The summed E-state index contributed by atoms with van der Waals surface area (Å²) in [5, 5.41) is 1.22. The molecule has 0 radical (unpaired) electrons. The number of nitrogens with zero attached hydrogens (tertiary/aromatic N) is 3. The summed E-state index contributed by atoms with van der Waals surface area (Å²) in [5.41, 5.74) is 2.56. The van der Waals surface area contributed by atoms with Crippen molar-refractivity contribution in [2.24, 2.45) is 5.84 Å². The summed E-state index contributed by atoms with van der Waals surface area (Å²) in [5.74, 6) is 8.02. The molecule has 3 N–H and O–H groups in total. The third-order valence-electron chi connectivity index (χ3n) is 3.27. The van der Waals surface area contributed by atoms with Gasteiger partial charge < -0.3 is 10.3 Å². The van der Waals surface area contributed by atoms with Crippen molar-refractivity contribution in [3.63, 3.8) is 0 Å². The molecule has 1 aromatic heterocycles. The minimum absolute atomic E-state index is 0.0939. The fourth-order valence-electron chi connectivity index (χ4n) is 2.37. The van der Waals surface area contributed by atoms with E-state index in [4.69, 9.17) is 10.8 Å². The predicted octanol–water partition coefficient (Wildman–Crippen LogP) is 2.39. The van der Waals surface area contributed by atoms with Crippen molar-refractivity contribution < 1.29 is 0 Å². The molecule has 6 heteroatoms. The minimum atomic E-state index is -0.0939. The summed E-state index contributed by atoms with van der Waals surface area (Å²) in [7, 11) is 0. The van der Waals surface area contributed by atoms with Gasteiger partial charge in [-0.25, -0.2) is 15.8 Å². The van der Waals surface area contributed by atoms with E-state index >= 15 is 0 Å². The highest BCUT2D eigenvalue weighted by molar-refractivity contribution is 8.00. The maximum Gasteiger partial charge on any atom is 0.145 e. The molecule has 0 spiro atoms. The van der Waals surface area contributed by atoms with Crippen molar-refractivity contribution in [3.05, 3.63) is 11.9 Å². The number of rotatable bonds is 2. The summed E-state index contributed by atoms with van der Waals surface area (Å²) in [6, 6.07) is 1.94. The van der Waals surface area contributed by atoms with Gasteiger partial charge in [-0.1, -0.05) is 34.6 Å². The van der Waals surface area contributed by atoms with E-state index in [1.165, 1.54) is 0 Å². The van der Waals surface area contributed by atoms with E-state index in [2.05, 4.69) is 49.9 Å². The fourth-order valence-corrected chi connectivity index (χ4v) is 3.70. The molecule has 112 valence electrons. The average Bonchev–Trinajstić information content (AvgIpc) is 2.36. The van der Waals surface area contributed by atoms with Crippen molar-refractivity contribution in [2.45, 2.75) is 50.5 Å². The zero-order chi connectivity index (χ0) is 14.9. The molecule has 0 aliphatic carbocycles. The van der Waals surface area contributed by atoms with Crippen LogP contribution in [-0.4, -0.2) is 33.6 Å². The van der Waals surface area contributed by atoms with Crippen LogP contribution in [0.25, 0.3) is 0 Å². The standard InChI is InChI=1S/C14H25N5S/c1-9-7-19(8-10(2)20-9)12-6-11(18-15)16-13(17-12)14(3,4)5/h6,9-10H,7-8,15H2,1-5H3,(H,16,17,18). The van der Waals surface area contributed by atoms with Gasteiger partial charge in [-0.3, -0.25) is 0 Å². The van der Waals surface area contributed by atoms with E-state index in [0.29, 0.717) is 16.3 Å². The van der Waals surface area contributed by atoms with E-state index in [1.807, 2.05) is 17.8 Å². The highest BCUT2D eigenvalue weighted by Gasteiger charge is 2.26. The number of nitrogen functional groups attached to an aromatic ring is 1. The first-order chi connectivity index (χ1) is 9.29. The van der Waals surface area contributed by atoms with E-state index in [-0.39, 0.29) is 5.41 Å². The second-order valence-electron chi connectivity index (χ2n) is 6.49. The Balaban J connectivity index is 2.35. The van der Waals surface area contributed by atoms with Crippen molar-refractivity contribution in [2.75, 3.05) is 23.4 Å². The van der Waals surface area contributed by atoms with Crippen LogP contribution in [0.15, 0.2) is 6.07 Å². The SMILES string of the molecule is CC1CN(c2cc(NN)nc(C(C)(C)C)n2)CC(C)S1. The molecule has 1 aliphatic heterocycles. The first-order valence-corrected chi connectivity index (χ1v) is 8.00. The second-order valence-corrected chi connectivity index (χ2v) is 8.37. The fraction of sp³-hybridized carbons (Fsp3) is 0.714. The summed E-state index contributed by atoms with van der Waals surface area (Å²) < 4.78 is 0. The normalized spacial score (nSPS) is 23.8. The largest absolute Gasteiger partial charge is 0.354 e. The van der Waals surface area contributed by atoms with Crippen LogP contribution in [0.4, 0.5) is 11.6 Å². The summed E-state index contributed by atoms with van der Waals surface area (Å²) in [6.07, 6.45) is 0. The molecule has 2 rings (SSSR count). The Hall–Kier alpha value is -1.01. The number of nitrogens with two attached hydrogens (primary N) is 1. The Morgan fingerprint density at radius 3 is 2.35 bits per heavy atom. The van der Waals surface area contributed by atoms with Crippen LogP contribution in [-0.2, 0) is 5.41 Å². The first-order valence-electron chi connectivity index (χ1n) is 7.06. The molecule has 0 saturated carbocycles. The van der Waals surface area contributed by atoms with Gasteiger partial charge in [-0.15, -0.1) is 0 Å². The molecule has 2 atom stereocenters. The van der Waals surface area contributed by atoms with Crippen LogP contribution in [0.3, 0.4) is 0 Å². The van der Waals surface area contributed by atoms with Crippen molar-refractivity contribution in [1.82, 2.24) is 9.97 Å². The minimum Gasteiger partial charge on any atom is -0.354 e. The molecule has 2 unspecified atom stereocenters. The van der Waals surface area contributed by atoms with E-state index in [9.17, 15) is 0 Å². The van der Waals surface area contributed by atoms with Crippen LogP contribution < -0.4 is 16.2 Å². The zero-order valence-corrected chi connectivity index (χ0v) is 13.8. The predicted molar refractivity (Wildman–Crippen MR) is 87.3 cm³/mol. The molecule has 0 bridgehead atoms. The van der Waals surface area contributed by atoms with Gasteiger partial charge in [-0.2, -0.15) is 11.8 Å². The number of anilines is 2. The van der Waals surface area contributed by atoms with Crippen LogP contribution in [0.2, 0.25) is 0 Å². The Kier molecular flexibility index (Phi) is 4.44. The molecule has 5 nitrogen and oxygen atoms in total. The smallest absolute Gasteiger partial charge is 0.145 e. The van der Waals surface area contributed by atoms with Gasteiger partial charge in [0.2, 0.25) is 0 Å². The molecule has 1 fully saturated rings. The lowest BCUT2D eigenvalue weighted by Crippen LogP contribution is -2.41. The summed E-state index contributed by atoms with van der Waals surface area (Å²) in [6.45, 7) is 12.9. The quantitative estimate of drug-likeness (QED) is 0.645. The van der Waals surface area contributed by atoms with Gasteiger partial charge in [0, 0.05) is 35.1 Å². The lowest BCUT2D eigenvalue weighted by molar-refractivity contribution is 0.544. The average molecular weight is 295 g/mol. The van der Waals surface area contributed by atoms with Crippen molar-refractivity contribution in [3.8, 4) is 0 Å². The zero-order valence-electron chi connectivity index (χ0n) is 13.0. The molecular weight excluding hydrogens is 270 g/mol. The van der Waals surface area contributed by atoms with Gasteiger partial charge in [0.1, 0.15) is 17.5 Å². The number of hydrogen-bond acceptors (Lipinski definition) is 6. The Morgan fingerprint density at radius 1 is 1.25 bits per heavy atom. The Bertz CT molecular complexity index is 461. The molecule has 2 heterocycles. The van der Waals surface area contributed by atoms with Gasteiger partial charge in [0.15, 0.2) is 0 Å². The monoisotopic (exact) mass is 295 g/mol. The summed E-state index contributed by atoms with van der Waals surface area (Å²) >= 11 is 2.03. The van der Waals surface area contributed by atoms with E-state index in [0.717, 1.165) is 24.7 Å². The molecular formula is C14H25N5S. The summed E-state index contributed by atoms with van der Waals surface area (Å²) in [4.78, 5) is 11.6. The van der Waals surface area contributed by atoms with Crippen LogP contribution in [0.5, 0.6) is 0 Å². The second kappa shape index (κ2) is 5.77. The Morgan fingerprint density at radius 2 is 1.85 bits per heavy atom. The van der Waals surface area contributed by atoms with E-state index in [1.54, 1.807) is 0 Å². The third-order valence-corrected chi connectivity index (χ3v) is 4.50. The number of thioether (sulfide) groups is 1.